The summed E-state index contributed by atoms with van der Waals surface area (Å²) in [5.74, 6) is 0.0535. The Morgan fingerprint density at radius 2 is 1.61 bits per heavy atom. The van der Waals surface area contributed by atoms with Crippen molar-refractivity contribution >= 4 is 28.7 Å². The molecule has 1 aliphatic rings. The van der Waals surface area contributed by atoms with E-state index < -0.39 is 5.97 Å². The quantitative estimate of drug-likeness (QED) is 0.605. The lowest BCUT2D eigenvalue weighted by atomic mass is 10.1. The molecule has 2 aromatic carbocycles. The van der Waals surface area contributed by atoms with Gasteiger partial charge < -0.3 is 14.5 Å². The van der Waals surface area contributed by atoms with E-state index in [0.29, 0.717) is 43.1 Å². The Labute approximate surface area is 181 Å². The van der Waals surface area contributed by atoms with E-state index in [1.807, 2.05) is 66.1 Å². The number of para-hydroxylation sites is 2. The summed E-state index contributed by atoms with van der Waals surface area (Å²) in [5.41, 5.74) is 4.57. The molecule has 0 unspecified atom stereocenters. The van der Waals surface area contributed by atoms with Crippen LogP contribution in [0.4, 0.5) is 5.82 Å². The van der Waals surface area contributed by atoms with Crippen molar-refractivity contribution < 1.29 is 14.3 Å². The third kappa shape index (κ3) is 4.21. The standard InChI is InChI=1S/C24H26N4O3/c1-4-31-24(30)21-22(26-20-8-6-5-7-19(20)25-21)27-11-13-28(14-12-27)23(29)18-10-9-16(2)17(3)15-18/h5-10,15H,4,11-14H2,1-3H3. The first kappa shape index (κ1) is 20.8. The van der Waals surface area contributed by atoms with Crippen molar-refractivity contribution in [2.75, 3.05) is 37.7 Å². The second-order valence-electron chi connectivity index (χ2n) is 7.68. The molecule has 1 aromatic heterocycles. The number of benzene rings is 2. The maximum atomic E-state index is 12.9. The molecule has 1 amide bonds. The van der Waals surface area contributed by atoms with Gasteiger partial charge in [-0.25, -0.2) is 14.8 Å². The molecule has 31 heavy (non-hydrogen) atoms. The van der Waals surface area contributed by atoms with Gasteiger partial charge in [-0.05, 0) is 56.2 Å². The van der Waals surface area contributed by atoms with Crippen molar-refractivity contribution in [3.8, 4) is 0 Å². The molecule has 3 aromatic rings. The summed E-state index contributed by atoms with van der Waals surface area (Å²) in [5, 5.41) is 0. The average Bonchev–Trinajstić information content (AvgIpc) is 2.80. The lowest BCUT2D eigenvalue weighted by molar-refractivity contribution is 0.0519. The van der Waals surface area contributed by atoms with Crippen LogP contribution >= 0.6 is 0 Å². The molecule has 0 aliphatic carbocycles. The topological polar surface area (TPSA) is 75.6 Å². The van der Waals surface area contributed by atoms with Crippen LogP contribution in [0.15, 0.2) is 42.5 Å². The number of esters is 1. The van der Waals surface area contributed by atoms with Gasteiger partial charge in [-0.1, -0.05) is 18.2 Å². The van der Waals surface area contributed by atoms with Gasteiger partial charge >= 0.3 is 5.97 Å². The van der Waals surface area contributed by atoms with Gasteiger partial charge in [-0.2, -0.15) is 0 Å². The Hall–Kier alpha value is -3.48. The number of carbonyl (C=O) groups excluding carboxylic acids is 2. The highest BCUT2D eigenvalue weighted by atomic mass is 16.5. The van der Waals surface area contributed by atoms with Crippen molar-refractivity contribution in [2.24, 2.45) is 0 Å². The zero-order valence-corrected chi connectivity index (χ0v) is 18.1. The number of aryl methyl sites for hydroxylation is 2. The van der Waals surface area contributed by atoms with Crippen LogP contribution in [0.3, 0.4) is 0 Å². The number of anilines is 1. The van der Waals surface area contributed by atoms with Gasteiger partial charge in [-0.3, -0.25) is 4.79 Å². The minimum atomic E-state index is -0.482. The monoisotopic (exact) mass is 418 g/mol. The normalized spacial score (nSPS) is 14.0. The fourth-order valence-corrected chi connectivity index (χ4v) is 3.73. The zero-order chi connectivity index (χ0) is 22.0. The molecule has 0 spiro atoms. The molecule has 0 N–H and O–H groups in total. The molecule has 0 bridgehead atoms. The molecule has 160 valence electrons. The smallest absolute Gasteiger partial charge is 0.360 e. The summed E-state index contributed by atoms with van der Waals surface area (Å²) in [6, 6.07) is 13.3. The number of piperazine rings is 1. The van der Waals surface area contributed by atoms with Gasteiger partial charge in [0.25, 0.3) is 5.91 Å². The third-order valence-electron chi connectivity index (χ3n) is 5.64. The minimum absolute atomic E-state index is 0.0259. The molecule has 7 nitrogen and oxygen atoms in total. The van der Waals surface area contributed by atoms with Crippen LogP contribution in [-0.2, 0) is 4.74 Å². The van der Waals surface area contributed by atoms with Crippen LogP contribution in [-0.4, -0.2) is 59.5 Å². The van der Waals surface area contributed by atoms with E-state index in [-0.39, 0.29) is 18.2 Å². The number of hydrogen-bond acceptors (Lipinski definition) is 6. The highest BCUT2D eigenvalue weighted by Gasteiger charge is 2.27. The van der Waals surface area contributed by atoms with Crippen LogP contribution in [0.1, 0.15) is 38.9 Å². The largest absolute Gasteiger partial charge is 0.461 e. The van der Waals surface area contributed by atoms with E-state index in [1.54, 1.807) is 6.92 Å². The highest BCUT2D eigenvalue weighted by Crippen LogP contribution is 2.23. The molecular weight excluding hydrogens is 392 g/mol. The van der Waals surface area contributed by atoms with E-state index in [1.165, 1.54) is 5.56 Å². The molecular formula is C24H26N4O3. The highest BCUT2D eigenvalue weighted by molar-refractivity contribution is 5.96. The first-order chi connectivity index (χ1) is 15.0. The first-order valence-electron chi connectivity index (χ1n) is 10.5. The van der Waals surface area contributed by atoms with E-state index in [4.69, 9.17) is 9.72 Å². The summed E-state index contributed by atoms with van der Waals surface area (Å²) in [4.78, 5) is 38.6. The number of fused-ring (bicyclic) bond motifs is 1. The van der Waals surface area contributed by atoms with Gasteiger partial charge in [0.1, 0.15) is 0 Å². The first-order valence-corrected chi connectivity index (χ1v) is 10.5. The summed E-state index contributed by atoms with van der Waals surface area (Å²) in [6.45, 7) is 8.30. The van der Waals surface area contributed by atoms with Crippen molar-refractivity contribution in [3.05, 3.63) is 64.8 Å². The molecule has 1 saturated heterocycles. The number of aromatic nitrogens is 2. The number of ether oxygens (including phenoxy) is 1. The van der Waals surface area contributed by atoms with Crippen LogP contribution < -0.4 is 4.90 Å². The second kappa shape index (κ2) is 8.71. The maximum absolute atomic E-state index is 12.9. The summed E-state index contributed by atoms with van der Waals surface area (Å²) in [7, 11) is 0. The van der Waals surface area contributed by atoms with Gasteiger partial charge in [0.05, 0.1) is 17.6 Å². The number of carbonyl (C=O) groups is 2. The number of amides is 1. The lowest BCUT2D eigenvalue weighted by Crippen LogP contribution is -2.49. The van der Waals surface area contributed by atoms with Gasteiger partial charge in [0, 0.05) is 31.7 Å². The Morgan fingerprint density at radius 3 is 2.26 bits per heavy atom. The molecule has 0 atom stereocenters. The Bertz CT molecular complexity index is 1140. The van der Waals surface area contributed by atoms with Crippen LogP contribution in [0.5, 0.6) is 0 Å². The molecule has 4 rings (SSSR count). The number of rotatable bonds is 4. The van der Waals surface area contributed by atoms with Gasteiger partial charge in [0.2, 0.25) is 0 Å². The van der Waals surface area contributed by atoms with Crippen LogP contribution in [0.25, 0.3) is 11.0 Å². The zero-order valence-electron chi connectivity index (χ0n) is 18.1. The van der Waals surface area contributed by atoms with E-state index in [0.717, 1.165) is 11.1 Å². The number of nitrogens with zero attached hydrogens (tertiary/aromatic N) is 4. The molecule has 1 fully saturated rings. The van der Waals surface area contributed by atoms with E-state index in [9.17, 15) is 9.59 Å². The predicted octanol–water partition coefficient (Wildman–Crippen LogP) is 3.39. The third-order valence-corrected chi connectivity index (χ3v) is 5.64. The van der Waals surface area contributed by atoms with E-state index in [2.05, 4.69) is 4.98 Å². The van der Waals surface area contributed by atoms with Crippen molar-refractivity contribution in [2.45, 2.75) is 20.8 Å². The summed E-state index contributed by atoms with van der Waals surface area (Å²) < 4.78 is 5.21. The van der Waals surface area contributed by atoms with Crippen molar-refractivity contribution in [1.82, 2.24) is 14.9 Å². The summed E-state index contributed by atoms with van der Waals surface area (Å²) >= 11 is 0. The van der Waals surface area contributed by atoms with Crippen molar-refractivity contribution in [1.29, 1.82) is 0 Å². The molecule has 2 heterocycles. The fourth-order valence-electron chi connectivity index (χ4n) is 3.73. The molecule has 7 heteroatoms. The fraction of sp³-hybridized carbons (Fsp3) is 0.333. The SMILES string of the molecule is CCOC(=O)c1nc2ccccc2nc1N1CCN(C(=O)c2ccc(C)c(C)c2)CC1. The van der Waals surface area contributed by atoms with Gasteiger partial charge in [-0.15, -0.1) is 0 Å². The average molecular weight is 418 g/mol. The van der Waals surface area contributed by atoms with Crippen LogP contribution in [0.2, 0.25) is 0 Å². The lowest BCUT2D eigenvalue weighted by Gasteiger charge is -2.36. The number of hydrogen-bond donors (Lipinski definition) is 0. The Morgan fingerprint density at radius 1 is 0.935 bits per heavy atom. The summed E-state index contributed by atoms with van der Waals surface area (Å²) in [6.07, 6.45) is 0. The minimum Gasteiger partial charge on any atom is -0.461 e. The molecule has 1 aliphatic heterocycles. The van der Waals surface area contributed by atoms with E-state index >= 15 is 0 Å². The Balaban J connectivity index is 1.56. The predicted molar refractivity (Wildman–Crippen MR) is 120 cm³/mol. The Kier molecular flexibility index (Phi) is 5.84. The maximum Gasteiger partial charge on any atom is 0.360 e. The van der Waals surface area contributed by atoms with Gasteiger partial charge in [0.15, 0.2) is 11.5 Å². The molecule has 0 saturated carbocycles. The van der Waals surface area contributed by atoms with Crippen molar-refractivity contribution in [3.63, 3.8) is 0 Å². The van der Waals surface area contributed by atoms with Crippen LogP contribution in [0, 0.1) is 13.8 Å². The second-order valence-corrected chi connectivity index (χ2v) is 7.68. The molecule has 0 radical (unpaired) electrons.